The van der Waals surface area contributed by atoms with Crippen molar-refractivity contribution in [1.82, 2.24) is 0 Å². The molecule has 0 aromatic heterocycles. The maximum absolute atomic E-state index is 2.61. The molecule has 5 unspecified atom stereocenters. The molecule has 144 valence electrons. The molecule has 0 aromatic carbocycles. The molecule has 4 saturated carbocycles. The van der Waals surface area contributed by atoms with Crippen molar-refractivity contribution in [1.29, 1.82) is 0 Å². The second-order valence-electron chi connectivity index (χ2n) is 11.0. The number of fused-ring (bicyclic) bond motifs is 1. The van der Waals surface area contributed by atoms with Gasteiger partial charge in [0.1, 0.15) is 0 Å². The van der Waals surface area contributed by atoms with E-state index < -0.39 is 0 Å². The van der Waals surface area contributed by atoms with Crippen LogP contribution in [0.4, 0.5) is 0 Å². The Bertz CT molecular complexity index is 398. The Morgan fingerprint density at radius 3 is 2.08 bits per heavy atom. The third-order valence-electron chi connectivity index (χ3n) is 9.41. The van der Waals surface area contributed by atoms with Gasteiger partial charge >= 0.3 is 0 Å². The third kappa shape index (κ3) is 4.30. The number of hydrogen-bond donors (Lipinski definition) is 0. The van der Waals surface area contributed by atoms with Gasteiger partial charge in [-0.2, -0.15) is 0 Å². The molecule has 4 rings (SSSR count). The van der Waals surface area contributed by atoms with E-state index in [4.69, 9.17) is 0 Å². The molecule has 0 heteroatoms. The van der Waals surface area contributed by atoms with Gasteiger partial charge in [0.25, 0.3) is 0 Å². The molecule has 0 N–H and O–H groups in total. The molecular weight excluding hydrogens is 300 g/mol. The van der Waals surface area contributed by atoms with Crippen molar-refractivity contribution in [2.24, 2.45) is 47.3 Å². The van der Waals surface area contributed by atoms with Gasteiger partial charge in [0.05, 0.1) is 0 Å². The van der Waals surface area contributed by atoms with Crippen LogP contribution in [0.2, 0.25) is 0 Å². The molecule has 0 saturated heterocycles. The largest absolute Gasteiger partial charge is 0.0625 e. The average molecular weight is 345 g/mol. The highest BCUT2D eigenvalue weighted by Crippen LogP contribution is 2.53. The van der Waals surface area contributed by atoms with Crippen LogP contribution in [-0.2, 0) is 0 Å². The summed E-state index contributed by atoms with van der Waals surface area (Å²) in [5.41, 5.74) is 0. The van der Waals surface area contributed by atoms with E-state index in [0.717, 1.165) is 47.3 Å². The molecule has 0 spiro atoms. The summed E-state index contributed by atoms with van der Waals surface area (Å²) < 4.78 is 0. The van der Waals surface area contributed by atoms with Gasteiger partial charge in [-0.15, -0.1) is 0 Å². The van der Waals surface area contributed by atoms with E-state index in [-0.39, 0.29) is 0 Å². The van der Waals surface area contributed by atoms with Gasteiger partial charge in [0, 0.05) is 0 Å². The molecular formula is C25H44. The fourth-order valence-electron chi connectivity index (χ4n) is 7.72. The van der Waals surface area contributed by atoms with Gasteiger partial charge in [0.15, 0.2) is 0 Å². The first kappa shape index (κ1) is 18.4. The molecule has 0 heterocycles. The van der Waals surface area contributed by atoms with Crippen molar-refractivity contribution in [3.05, 3.63) is 0 Å². The smallest absolute Gasteiger partial charge is 0.0355 e. The minimum absolute atomic E-state index is 1.01. The van der Waals surface area contributed by atoms with Crippen LogP contribution in [0, 0.1) is 47.3 Å². The van der Waals surface area contributed by atoms with Gasteiger partial charge in [-0.3, -0.25) is 0 Å². The second-order valence-corrected chi connectivity index (χ2v) is 11.0. The SMILES string of the molecule is CC1CCC(CC2C(C)CCC3CC(C4CCCCC4)CCC32)CC1. The summed E-state index contributed by atoms with van der Waals surface area (Å²) in [5.74, 6) is 8.67. The van der Waals surface area contributed by atoms with Crippen LogP contribution in [0.3, 0.4) is 0 Å². The van der Waals surface area contributed by atoms with E-state index in [2.05, 4.69) is 13.8 Å². The van der Waals surface area contributed by atoms with Crippen molar-refractivity contribution in [2.75, 3.05) is 0 Å². The highest BCUT2D eigenvalue weighted by atomic mass is 14.5. The van der Waals surface area contributed by atoms with Gasteiger partial charge in [-0.05, 0) is 79.4 Å². The van der Waals surface area contributed by atoms with Crippen LogP contribution < -0.4 is 0 Å². The average Bonchev–Trinajstić information content (AvgIpc) is 2.66. The Morgan fingerprint density at radius 2 is 1.32 bits per heavy atom. The van der Waals surface area contributed by atoms with Crippen molar-refractivity contribution >= 4 is 0 Å². The van der Waals surface area contributed by atoms with Crippen molar-refractivity contribution in [2.45, 2.75) is 110 Å². The molecule has 5 atom stereocenters. The lowest BCUT2D eigenvalue weighted by Gasteiger charge is -2.49. The zero-order valence-corrected chi connectivity index (χ0v) is 17.2. The lowest BCUT2D eigenvalue weighted by molar-refractivity contribution is 0.00696. The van der Waals surface area contributed by atoms with E-state index in [9.17, 15) is 0 Å². The maximum atomic E-state index is 2.61. The Hall–Kier alpha value is 0. The minimum atomic E-state index is 1.01. The summed E-state index contributed by atoms with van der Waals surface area (Å²) in [6, 6.07) is 0. The molecule has 4 aliphatic rings. The highest BCUT2D eigenvalue weighted by Gasteiger charge is 2.43. The first-order valence-corrected chi connectivity index (χ1v) is 12.2. The highest BCUT2D eigenvalue weighted by molar-refractivity contribution is 4.93. The quantitative estimate of drug-likeness (QED) is 0.488. The minimum Gasteiger partial charge on any atom is -0.0625 e. The Kier molecular flexibility index (Phi) is 6.13. The lowest BCUT2D eigenvalue weighted by atomic mass is 9.56. The lowest BCUT2D eigenvalue weighted by Crippen LogP contribution is -2.40. The topological polar surface area (TPSA) is 0 Å². The van der Waals surface area contributed by atoms with E-state index in [0.29, 0.717) is 0 Å². The van der Waals surface area contributed by atoms with Crippen molar-refractivity contribution < 1.29 is 0 Å². The monoisotopic (exact) mass is 344 g/mol. The van der Waals surface area contributed by atoms with Crippen LogP contribution in [-0.4, -0.2) is 0 Å². The van der Waals surface area contributed by atoms with Gasteiger partial charge in [0.2, 0.25) is 0 Å². The summed E-state index contributed by atoms with van der Waals surface area (Å²) in [7, 11) is 0. The Morgan fingerprint density at radius 1 is 0.600 bits per heavy atom. The Balaban J connectivity index is 1.35. The summed E-state index contributed by atoms with van der Waals surface area (Å²) in [6.07, 6.45) is 23.4. The van der Waals surface area contributed by atoms with Crippen molar-refractivity contribution in [3.63, 3.8) is 0 Å². The van der Waals surface area contributed by atoms with E-state index in [1.54, 1.807) is 64.2 Å². The van der Waals surface area contributed by atoms with E-state index in [1.165, 1.54) is 32.1 Å². The normalized spacial score (nSPS) is 46.6. The predicted octanol–water partition coefficient (Wildman–Crippen LogP) is 7.86. The van der Waals surface area contributed by atoms with Crippen LogP contribution in [0.1, 0.15) is 110 Å². The molecule has 0 aliphatic heterocycles. The standard InChI is InChI=1S/C25H44/c1-18-8-11-20(12-9-18)16-25-19(2)10-13-23-17-22(14-15-24(23)25)21-6-4-3-5-7-21/h18-25H,3-17H2,1-2H3. The summed E-state index contributed by atoms with van der Waals surface area (Å²) in [4.78, 5) is 0. The Labute approximate surface area is 157 Å². The first-order chi connectivity index (χ1) is 12.2. The number of hydrogen-bond acceptors (Lipinski definition) is 0. The predicted molar refractivity (Wildman–Crippen MR) is 109 cm³/mol. The van der Waals surface area contributed by atoms with Crippen LogP contribution in [0.5, 0.6) is 0 Å². The summed E-state index contributed by atoms with van der Waals surface area (Å²) in [6.45, 7) is 5.08. The van der Waals surface area contributed by atoms with Gasteiger partial charge in [-0.25, -0.2) is 0 Å². The van der Waals surface area contributed by atoms with Crippen LogP contribution in [0.15, 0.2) is 0 Å². The van der Waals surface area contributed by atoms with Crippen LogP contribution >= 0.6 is 0 Å². The zero-order valence-electron chi connectivity index (χ0n) is 17.2. The van der Waals surface area contributed by atoms with Gasteiger partial charge in [-0.1, -0.05) is 78.1 Å². The summed E-state index contributed by atoms with van der Waals surface area (Å²) in [5, 5.41) is 0. The van der Waals surface area contributed by atoms with Crippen LogP contribution in [0.25, 0.3) is 0 Å². The zero-order chi connectivity index (χ0) is 17.2. The molecule has 0 amide bonds. The molecule has 4 fully saturated rings. The third-order valence-corrected chi connectivity index (χ3v) is 9.41. The summed E-state index contributed by atoms with van der Waals surface area (Å²) >= 11 is 0. The number of rotatable bonds is 3. The van der Waals surface area contributed by atoms with E-state index >= 15 is 0 Å². The first-order valence-electron chi connectivity index (χ1n) is 12.2. The molecule has 25 heavy (non-hydrogen) atoms. The fourth-order valence-corrected chi connectivity index (χ4v) is 7.72. The molecule has 4 aliphatic carbocycles. The van der Waals surface area contributed by atoms with Crippen molar-refractivity contribution in [3.8, 4) is 0 Å². The molecule has 0 aromatic rings. The fraction of sp³-hybridized carbons (Fsp3) is 1.00. The van der Waals surface area contributed by atoms with E-state index in [1.807, 2.05) is 0 Å². The molecule has 0 nitrogen and oxygen atoms in total. The second kappa shape index (κ2) is 8.35. The molecule has 0 bridgehead atoms. The maximum Gasteiger partial charge on any atom is -0.0355 e. The van der Waals surface area contributed by atoms with Gasteiger partial charge < -0.3 is 0 Å². The molecule has 0 radical (unpaired) electrons.